The Morgan fingerprint density at radius 1 is 1.08 bits per heavy atom. The average molecular weight is 385 g/mol. The first-order valence-electron chi connectivity index (χ1n) is 8.11. The van der Waals surface area contributed by atoms with Crippen molar-refractivity contribution in [3.8, 4) is 0 Å². The molecule has 7 nitrogen and oxygen atoms in total. The van der Waals surface area contributed by atoms with Gasteiger partial charge in [0.1, 0.15) is 5.01 Å². The SMILES string of the molecule is O=C(Cc1csc(NC(=O)c2ccccc2)n1)Nc1nnc(C2CC2)s1. The minimum absolute atomic E-state index is 0.121. The molecule has 3 aromatic rings. The number of hydrogen-bond donors (Lipinski definition) is 2. The van der Waals surface area contributed by atoms with Gasteiger partial charge in [-0.1, -0.05) is 29.5 Å². The number of hydrogen-bond acceptors (Lipinski definition) is 7. The van der Waals surface area contributed by atoms with E-state index >= 15 is 0 Å². The van der Waals surface area contributed by atoms with E-state index in [1.807, 2.05) is 6.07 Å². The molecule has 0 radical (unpaired) electrons. The molecule has 0 bridgehead atoms. The van der Waals surface area contributed by atoms with Gasteiger partial charge in [0.15, 0.2) is 5.13 Å². The van der Waals surface area contributed by atoms with Gasteiger partial charge in [-0.15, -0.1) is 21.5 Å². The highest BCUT2D eigenvalue weighted by Crippen LogP contribution is 2.42. The van der Waals surface area contributed by atoms with Gasteiger partial charge in [-0.3, -0.25) is 14.9 Å². The van der Waals surface area contributed by atoms with E-state index < -0.39 is 0 Å². The van der Waals surface area contributed by atoms with Gasteiger partial charge in [-0.05, 0) is 25.0 Å². The van der Waals surface area contributed by atoms with Crippen LogP contribution in [0.25, 0.3) is 0 Å². The smallest absolute Gasteiger partial charge is 0.257 e. The summed E-state index contributed by atoms with van der Waals surface area (Å²) in [6.45, 7) is 0. The molecule has 0 unspecified atom stereocenters. The third-order valence-corrected chi connectivity index (χ3v) is 5.57. The van der Waals surface area contributed by atoms with E-state index in [-0.39, 0.29) is 18.2 Å². The summed E-state index contributed by atoms with van der Waals surface area (Å²) in [7, 11) is 0. The van der Waals surface area contributed by atoms with Crippen LogP contribution >= 0.6 is 22.7 Å². The second-order valence-electron chi connectivity index (χ2n) is 5.91. The van der Waals surface area contributed by atoms with Crippen LogP contribution in [-0.4, -0.2) is 27.0 Å². The van der Waals surface area contributed by atoms with E-state index in [1.165, 1.54) is 22.7 Å². The molecule has 0 atom stereocenters. The molecule has 9 heteroatoms. The fourth-order valence-corrected chi connectivity index (χ4v) is 3.95. The van der Waals surface area contributed by atoms with Crippen molar-refractivity contribution in [1.29, 1.82) is 0 Å². The normalized spacial score (nSPS) is 13.4. The Morgan fingerprint density at radius 3 is 2.65 bits per heavy atom. The summed E-state index contributed by atoms with van der Waals surface area (Å²) in [5.74, 6) is 0.0969. The van der Waals surface area contributed by atoms with Crippen molar-refractivity contribution in [2.24, 2.45) is 0 Å². The topological polar surface area (TPSA) is 96.9 Å². The number of benzene rings is 1. The van der Waals surface area contributed by atoms with Crippen molar-refractivity contribution >= 4 is 44.8 Å². The second kappa shape index (κ2) is 7.30. The Morgan fingerprint density at radius 2 is 1.88 bits per heavy atom. The molecule has 1 aromatic carbocycles. The van der Waals surface area contributed by atoms with Crippen LogP contribution in [0.4, 0.5) is 10.3 Å². The molecule has 1 aliphatic carbocycles. The van der Waals surface area contributed by atoms with Crippen molar-refractivity contribution < 1.29 is 9.59 Å². The Labute approximate surface area is 157 Å². The van der Waals surface area contributed by atoms with Gasteiger partial charge in [0.2, 0.25) is 11.0 Å². The average Bonchev–Trinajstić information content (AvgIpc) is 3.24. The maximum atomic E-state index is 12.1. The maximum Gasteiger partial charge on any atom is 0.257 e. The van der Waals surface area contributed by atoms with Crippen LogP contribution in [0.2, 0.25) is 0 Å². The zero-order valence-electron chi connectivity index (χ0n) is 13.6. The van der Waals surface area contributed by atoms with Crippen LogP contribution in [0, 0.1) is 0 Å². The lowest BCUT2D eigenvalue weighted by Gasteiger charge is -2.01. The summed E-state index contributed by atoms with van der Waals surface area (Å²) in [6, 6.07) is 8.91. The molecule has 2 aromatic heterocycles. The van der Waals surface area contributed by atoms with Gasteiger partial charge in [0.05, 0.1) is 12.1 Å². The Hall–Kier alpha value is -2.65. The molecule has 132 valence electrons. The molecule has 2 amide bonds. The van der Waals surface area contributed by atoms with Gasteiger partial charge >= 0.3 is 0 Å². The summed E-state index contributed by atoms with van der Waals surface area (Å²) in [4.78, 5) is 28.5. The van der Waals surface area contributed by atoms with E-state index in [0.29, 0.717) is 27.4 Å². The first-order valence-corrected chi connectivity index (χ1v) is 9.81. The highest BCUT2D eigenvalue weighted by molar-refractivity contribution is 7.15. The van der Waals surface area contributed by atoms with Gasteiger partial charge in [-0.25, -0.2) is 4.98 Å². The van der Waals surface area contributed by atoms with Gasteiger partial charge in [0.25, 0.3) is 5.91 Å². The lowest BCUT2D eigenvalue weighted by molar-refractivity contribution is -0.115. The molecule has 2 heterocycles. The Kier molecular flexibility index (Phi) is 4.72. The fraction of sp³-hybridized carbons (Fsp3) is 0.235. The summed E-state index contributed by atoms with van der Waals surface area (Å²) in [6.07, 6.45) is 2.42. The predicted octanol–water partition coefficient (Wildman–Crippen LogP) is 3.31. The summed E-state index contributed by atoms with van der Waals surface area (Å²) in [5, 5.41) is 17.3. The fourth-order valence-electron chi connectivity index (χ4n) is 2.31. The van der Waals surface area contributed by atoms with E-state index in [4.69, 9.17) is 0 Å². The molecule has 0 saturated heterocycles. The van der Waals surface area contributed by atoms with Gasteiger partial charge < -0.3 is 5.32 Å². The van der Waals surface area contributed by atoms with E-state index in [0.717, 1.165) is 17.8 Å². The van der Waals surface area contributed by atoms with E-state index in [1.54, 1.807) is 29.6 Å². The van der Waals surface area contributed by atoms with Crippen LogP contribution in [0.5, 0.6) is 0 Å². The number of anilines is 2. The van der Waals surface area contributed by atoms with Crippen molar-refractivity contribution in [3.63, 3.8) is 0 Å². The van der Waals surface area contributed by atoms with E-state index in [2.05, 4.69) is 25.8 Å². The number of thiazole rings is 1. The molecule has 1 fully saturated rings. The quantitative estimate of drug-likeness (QED) is 0.678. The Bertz CT molecular complexity index is 934. The molecule has 1 aliphatic rings. The number of nitrogens with zero attached hydrogens (tertiary/aromatic N) is 3. The molecule has 1 saturated carbocycles. The van der Waals surface area contributed by atoms with Crippen molar-refractivity contribution in [3.05, 3.63) is 52.0 Å². The summed E-state index contributed by atoms with van der Waals surface area (Å²) in [5.41, 5.74) is 1.16. The van der Waals surface area contributed by atoms with Crippen LogP contribution in [0.1, 0.15) is 39.8 Å². The van der Waals surface area contributed by atoms with Gasteiger partial charge in [-0.2, -0.15) is 0 Å². The highest BCUT2D eigenvalue weighted by atomic mass is 32.1. The first kappa shape index (κ1) is 16.8. The van der Waals surface area contributed by atoms with Crippen molar-refractivity contribution in [2.75, 3.05) is 10.6 Å². The number of carbonyl (C=O) groups excluding carboxylic acids is 2. The maximum absolute atomic E-state index is 12.1. The minimum atomic E-state index is -0.225. The van der Waals surface area contributed by atoms with E-state index in [9.17, 15) is 9.59 Å². The number of nitrogens with one attached hydrogen (secondary N) is 2. The van der Waals surface area contributed by atoms with Crippen molar-refractivity contribution in [2.45, 2.75) is 25.2 Å². The standard InChI is InChI=1S/C17H15N5O2S2/c23-13(19-17-22-21-15(26-17)11-6-7-11)8-12-9-25-16(18-12)20-14(24)10-4-2-1-3-5-10/h1-5,9,11H,6-8H2,(H,18,20,24)(H,19,22,23). The molecule has 4 rings (SSSR count). The van der Waals surface area contributed by atoms with Gasteiger partial charge in [0, 0.05) is 16.9 Å². The third-order valence-electron chi connectivity index (χ3n) is 3.76. The van der Waals surface area contributed by atoms with Crippen LogP contribution in [0.3, 0.4) is 0 Å². The predicted molar refractivity (Wildman–Crippen MR) is 101 cm³/mol. The number of carbonyl (C=O) groups is 2. The largest absolute Gasteiger partial charge is 0.300 e. The number of aromatic nitrogens is 3. The molecule has 0 aliphatic heterocycles. The van der Waals surface area contributed by atoms with Crippen LogP contribution in [-0.2, 0) is 11.2 Å². The third kappa shape index (κ3) is 4.12. The zero-order valence-corrected chi connectivity index (χ0v) is 15.3. The molecular formula is C17H15N5O2S2. The van der Waals surface area contributed by atoms with Crippen molar-refractivity contribution in [1.82, 2.24) is 15.2 Å². The first-order chi connectivity index (χ1) is 12.7. The monoisotopic (exact) mass is 385 g/mol. The summed E-state index contributed by atoms with van der Waals surface area (Å²) >= 11 is 2.71. The lowest BCUT2D eigenvalue weighted by Crippen LogP contribution is -2.15. The minimum Gasteiger partial charge on any atom is -0.300 e. The zero-order chi connectivity index (χ0) is 17.9. The molecular weight excluding hydrogens is 370 g/mol. The highest BCUT2D eigenvalue weighted by Gasteiger charge is 2.27. The van der Waals surface area contributed by atoms with Crippen LogP contribution in [0.15, 0.2) is 35.7 Å². The molecule has 2 N–H and O–H groups in total. The number of rotatable bonds is 6. The number of amides is 2. The Balaban J connectivity index is 1.32. The lowest BCUT2D eigenvalue weighted by atomic mass is 10.2. The summed E-state index contributed by atoms with van der Waals surface area (Å²) < 4.78 is 0. The second-order valence-corrected chi connectivity index (χ2v) is 7.78. The molecule has 0 spiro atoms. The van der Waals surface area contributed by atoms with Crippen LogP contribution < -0.4 is 10.6 Å². The molecule has 26 heavy (non-hydrogen) atoms.